The first kappa shape index (κ1) is 92.2. The zero-order valence-corrected chi connectivity index (χ0v) is 62.0. The summed E-state index contributed by atoms with van der Waals surface area (Å²) >= 11 is 5.30. The molecule has 105 heavy (non-hydrogen) atoms. The van der Waals surface area contributed by atoms with Crippen LogP contribution in [0.25, 0.3) is 0 Å². The van der Waals surface area contributed by atoms with Crippen LogP contribution >= 0.6 is 24.4 Å². The van der Waals surface area contributed by atoms with Gasteiger partial charge in [-0.3, -0.25) is 72.1 Å². The highest BCUT2D eigenvalue weighted by molar-refractivity contribution is 7.99. The molecule has 14 atom stereocenters. The second-order valence-corrected chi connectivity index (χ2v) is 27.6. The highest BCUT2D eigenvalue weighted by Crippen LogP contribution is 2.22. The number of nitrogens with two attached hydrogens (primary N) is 4. The number of aliphatic hydroxyl groups is 2. The number of rotatable bonds is 50. The fourth-order valence-corrected chi connectivity index (χ4v) is 11.6. The third kappa shape index (κ3) is 34.3. The number of hydrogen-bond donors (Lipinski definition) is 20. The van der Waals surface area contributed by atoms with Gasteiger partial charge in [-0.15, -0.1) is 0 Å². The number of aliphatic hydroxyl groups excluding tert-OH is 2. The van der Waals surface area contributed by atoms with E-state index in [-0.39, 0.29) is 107 Å². The number of likely N-dealkylation sites (tertiary alicyclic amines) is 1. The normalized spacial score (nSPS) is 16.4. The number of nitrogens with one attached hydrogen (secondary N) is 10. The van der Waals surface area contributed by atoms with Crippen molar-refractivity contribution in [1.82, 2.24) is 58.1 Å². The van der Waals surface area contributed by atoms with Crippen molar-refractivity contribution >= 4 is 119 Å². The third-order valence-corrected chi connectivity index (χ3v) is 17.7. The summed E-state index contributed by atoms with van der Waals surface area (Å²) in [5.41, 5.74) is 23.3. The van der Waals surface area contributed by atoms with E-state index >= 15 is 0 Å². The van der Waals surface area contributed by atoms with Gasteiger partial charge in [0, 0.05) is 49.6 Å². The molecule has 590 valence electrons. The molecule has 0 bridgehead atoms. The van der Waals surface area contributed by atoms with Crippen molar-refractivity contribution in [3.63, 3.8) is 0 Å². The number of thiol groups is 1. The van der Waals surface area contributed by atoms with E-state index in [1.54, 1.807) is 65.0 Å². The number of aliphatic carboxylic acids is 3. The molecule has 0 aromatic heterocycles. The highest BCUT2D eigenvalue weighted by atomic mass is 32.2. The minimum absolute atomic E-state index is 0.0281. The first-order chi connectivity index (χ1) is 49.5. The van der Waals surface area contributed by atoms with E-state index in [1.165, 1.54) is 0 Å². The molecule has 1 aromatic rings. The molecule has 1 saturated heterocycles. The minimum atomic E-state index is -1.90. The first-order valence-corrected chi connectivity index (χ1v) is 36.5. The van der Waals surface area contributed by atoms with E-state index in [4.69, 9.17) is 27.7 Å². The number of hydrogen-bond acceptors (Lipinski definition) is 23. The Hall–Kier alpha value is -8.92. The number of esters is 1. The van der Waals surface area contributed by atoms with Gasteiger partial charge in [0.1, 0.15) is 67.0 Å². The van der Waals surface area contributed by atoms with Crippen molar-refractivity contribution in [2.45, 2.75) is 223 Å². The van der Waals surface area contributed by atoms with Gasteiger partial charge in [0.2, 0.25) is 65.0 Å². The molecule has 39 heteroatoms. The highest BCUT2D eigenvalue weighted by Gasteiger charge is 2.42. The maximum absolute atomic E-state index is 15.0. The number of benzene rings is 1. The van der Waals surface area contributed by atoms with Crippen LogP contribution in [0.3, 0.4) is 0 Å². The van der Waals surface area contributed by atoms with Crippen molar-refractivity contribution in [3.05, 3.63) is 35.9 Å². The molecule has 37 nitrogen and oxygen atoms in total. The molecule has 23 N–H and O–H groups in total. The largest absolute Gasteiger partial charge is 0.481 e. The van der Waals surface area contributed by atoms with E-state index in [9.17, 15) is 97.5 Å². The molecule has 0 saturated carbocycles. The lowest BCUT2D eigenvalue weighted by Crippen LogP contribution is -2.62. The quantitative estimate of drug-likeness (QED) is 0.00961. The molecule has 1 fully saturated rings. The molecule has 2 rings (SSSR count). The van der Waals surface area contributed by atoms with E-state index in [0.29, 0.717) is 18.4 Å². The molecule has 0 unspecified atom stereocenters. The van der Waals surface area contributed by atoms with Crippen molar-refractivity contribution in [2.24, 2.45) is 39.8 Å². The Balaban J connectivity index is 2.62. The summed E-state index contributed by atoms with van der Waals surface area (Å²) in [5.74, 6) is -17.5. The minimum Gasteiger partial charge on any atom is -0.481 e. The van der Waals surface area contributed by atoms with Crippen LogP contribution in [0.2, 0.25) is 0 Å². The molecule has 0 spiro atoms. The van der Waals surface area contributed by atoms with Gasteiger partial charge in [-0.25, -0.2) is 4.79 Å². The second-order valence-electron chi connectivity index (χ2n) is 26.1. The summed E-state index contributed by atoms with van der Waals surface area (Å²) in [6.07, 6.45) is -4.80. The maximum Gasteiger partial charge on any atom is 0.328 e. The van der Waals surface area contributed by atoms with E-state index in [0.717, 1.165) is 30.5 Å². The van der Waals surface area contributed by atoms with Crippen molar-refractivity contribution in [3.8, 4) is 0 Å². The van der Waals surface area contributed by atoms with E-state index in [1.807, 2.05) is 0 Å². The predicted molar refractivity (Wildman–Crippen MR) is 386 cm³/mol. The number of ether oxygens (including phenoxy) is 1. The van der Waals surface area contributed by atoms with Gasteiger partial charge in [-0.05, 0) is 102 Å². The average Bonchev–Trinajstić information content (AvgIpc) is 1.65. The second kappa shape index (κ2) is 48.2. The Morgan fingerprint density at radius 1 is 0.610 bits per heavy atom. The summed E-state index contributed by atoms with van der Waals surface area (Å²) < 4.78 is 5.31. The van der Waals surface area contributed by atoms with Crippen molar-refractivity contribution in [1.29, 1.82) is 0 Å². The Bertz CT molecular complexity index is 3110. The lowest BCUT2D eigenvalue weighted by atomic mass is 10.0. The summed E-state index contributed by atoms with van der Waals surface area (Å²) in [4.78, 5) is 209. The lowest BCUT2D eigenvalue weighted by molar-refractivity contribution is -0.145. The van der Waals surface area contributed by atoms with Crippen LogP contribution in [0.1, 0.15) is 138 Å². The monoisotopic (exact) mass is 1520 g/mol. The Kier molecular flexibility index (Phi) is 42.3. The molecule has 1 heterocycles. The summed E-state index contributed by atoms with van der Waals surface area (Å²) in [6.45, 7) is 10.6. The summed E-state index contributed by atoms with van der Waals surface area (Å²) in [5, 5.41) is 74.4. The number of guanidine groups is 1. The van der Waals surface area contributed by atoms with Crippen LogP contribution < -0.4 is 76.1 Å². The summed E-state index contributed by atoms with van der Waals surface area (Å²) in [6, 6.07) is -10.4. The number of carboxylic acid groups (broad SMARTS) is 3. The van der Waals surface area contributed by atoms with Crippen LogP contribution in [0.5, 0.6) is 0 Å². The number of aliphatic imine (C=N–C) groups is 1. The van der Waals surface area contributed by atoms with Gasteiger partial charge in [0.25, 0.3) is 0 Å². The zero-order chi connectivity index (χ0) is 79.2. The molecule has 11 amide bonds. The Morgan fingerprint density at radius 2 is 1.13 bits per heavy atom. The molecule has 1 aliphatic rings. The first-order valence-electron chi connectivity index (χ1n) is 34.7. The predicted octanol–water partition coefficient (Wildman–Crippen LogP) is -4.53. The molecule has 0 aliphatic carbocycles. The van der Waals surface area contributed by atoms with Gasteiger partial charge < -0.3 is 111 Å². The summed E-state index contributed by atoms with van der Waals surface area (Å²) in [7, 11) is 0. The van der Waals surface area contributed by atoms with E-state index in [2.05, 4.69) is 70.8 Å². The number of carbonyl (C=O) groups is 15. The van der Waals surface area contributed by atoms with Gasteiger partial charge in [0.05, 0.1) is 24.7 Å². The molecule has 1 aliphatic heterocycles. The van der Waals surface area contributed by atoms with Crippen molar-refractivity contribution < 1.29 is 102 Å². The number of carboxylic acids is 3. The van der Waals surface area contributed by atoms with E-state index < -0.39 is 204 Å². The maximum atomic E-state index is 15.0. The SMILES string of the molecule is CCCC(=O)OCCSC[C@H](NC(=O)[C@H](CC(C)C)NC(=O)[C@H](Cc1ccccc1)NC(=O)[C@H](CS)NC(=O)[C@H](CC(=O)O)NC(=O)[C@@H](N)C(C)C)C(=O)N[C@@H](CCCN=C(N)N)C(=O)N1CCC[C@H]1C(=O)N[C@H](C(=O)N[C@@H](CCC(=O)O)C(=O)N[C@@H](CCCCN)C(=O)N[C@H](C(=O)O)[C@@H](C)O)[C@@H](C)O. The van der Waals surface area contributed by atoms with Crippen LogP contribution in [0.4, 0.5) is 0 Å². The van der Waals surface area contributed by atoms with Gasteiger partial charge in [-0.1, -0.05) is 65.0 Å². The Labute approximate surface area is 619 Å². The number of thioether (sulfide) groups is 1. The lowest BCUT2D eigenvalue weighted by Gasteiger charge is -2.31. The number of amides is 11. The van der Waals surface area contributed by atoms with Crippen LogP contribution in [-0.2, 0) is 83.1 Å². The van der Waals surface area contributed by atoms with Gasteiger partial charge in [0.15, 0.2) is 12.0 Å². The number of carbonyl (C=O) groups excluding carboxylic acids is 12. The van der Waals surface area contributed by atoms with Gasteiger partial charge in [-0.2, -0.15) is 24.4 Å². The van der Waals surface area contributed by atoms with Crippen LogP contribution in [-0.4, -0.2) is 253 Å². The molecule has 0 radical (unpaired) electrons. The Morgan fingerprint density at radius 3 is 1.70 bits per heavy atom. The van der Waals surface area contributed by atoms with Crippen LogP contribution in [0.15, 0.2) is 35.3 Å². The zero-order valence-electron chi connectivity index (χ0n) is 60.3. The number of nitrogens with zero attached hydrogens (tertiary/aromatic N) is 2. The smallest absolute Gasteiger partial charge is 0.328 e. The fourth-order valence-electron chi connectivity index (χ4n) is 10.5. The van der Waals surface area contributed by atoms with Gasteiger partial charge >= 0.3 is 23.9 Å². The topological polar surface area (TPSA) is 606 Å². The molecule has 1 aromatic carbocycles. The van der Waals surface area contributed by atoms with Crippen molar-refractivity contribution in [2.75, 3.05) is 43.5 Å². The standard InChI is InChI=1S/C66H108N16O21S2/c1-8-16-50(89)103-27-28-105-33-46(79-56(92)42(29-34(2)3)75-57(93)43(30-38-17-10-9-11-18-38)76-59(95)45(32-104)78-58(94)44(31-49(87)88)77-62(98)51(68)35(4)5)60(96)74-41(20-14-25-71-66(69)70)64(100)82-26-15-21-47(82)61(97)80-52(36(6)83)63(99)73-40(22-23-48(85)86)54(90)72-39(19-12-13-24-67)55(91)81-53(37(7)84)65(101)102/h9-11,17-18,34-37,39-47,51-53,83-84,104H,8,12-16,19-33,67-68H2,1-7H3,(H,72,90)(H,73,99)(H,74,96)(H,75,93)(H,76,95)(H,77,98)(H,78,94)(H,79,92)(H,80,97)(H,81,91)(H,85,86)(H,87,88)(H,101,102)(H4,69,70,71)/t36-,37-,39+,40+,41+,42+,43+,44+,45+,46+,47+,51+,52+,53+/m1/s1. The third-order valence-electron chi connectivity index (χ3n) is 16.3. The van der Waals surface area contributed by atoms with Crippen LogP contribution in [0, 0.1) is 11.8 Å². The molecular weight excluding hydrogens is 1420 g/mol. The number of unbranched alkanes of at least 4 members (excludes halogenated alkanes) is 1. The molecular formula is C66H108N16O21S2. The fraction of sp³-hybridized carbons (Fsp3) is 0.667. The average molecular weight is 1530 g/mol.